The highest BCUT2D eigenvalue weighted by Gasteiger charge is 2.13. The number of fused-ring (bicyclic) bond motifs is 1. The smallest absolute Gasteiger partial charge is 0.139 e. The first-order valence-corrected chi connectivity index (χ1v) is 6.55. The van der Waals surface area contributed by atoms with E-state index in [-0.39, 0.29) is 6.61 Å². The number of anilines is 1. The molecule has 0 aliphatic carbocycles. The van der Waals surface area contributed by atoms with E-state index >= 15 is 0 Å². The molecule has 0 saturated carbocycles. The molecule has 0 spiro atoms. The maximum absolute atomic E-state index is 9.21. The normalized spacial score (nSPS) is 11.2. The van der Waals surface area contributed by atoms with Crippen LogP contribution >= 0.6 is 0 Å². The van der Waals surface area contributed by atoms with E-state index in [1.165, 1.54) is 5.56 Å². The highest BCUT2D eigenvalue weighted by atomic mass is 16.3. The number of aromatic nitrogens is 2. The molecule has 0 fully saturated rings. The molecule has 102 valence electrons. The van der Waals surface area contributed by atoms with Crippen LogP contribution in [0.1, 0.15) is 16.7 Å². The second-order valence-corrected chi connectivity index (χ2v) is 5.09. The summed E-state index contributed by atoms with van der Waals surface area (Å²) in [5, 5.41) is 9.21. The van der Waals surface area contributed by atoms with Gasteiger partial charge in [-0.2, -0.15) is 0 Å². The number of nitrogen functional groups attached to an aromatic ring is 1. The monoisotopic (exact) mass is 267 g/mol. The van der Waals surface area contributed by atoms with Gasteiger partial charge in [0.1, 0.15) is 17.2 Å². The first-order chi connectivity index (χ1) is 9.60. The zero-order valence-electron chi connectivity index (χ0n) is 11.6. The van der Waals surface area contributed by atoms with Gasteiger partial charge in [-0.25, -0.2) is 4.98 Å². The zero-order valence-corrected chi connectivity index (χ0v) is 11.6. The number of imidazole rings is 1. The third kappa shape index (κ3) is 1.94. The molecule has 20 heavy (non-hydrogen) atoms. The summed E-state index contributed by atoms with van der Waals surface area (Å²) in [5.41, 5.74) is 12.0. The van der Waals surface area contributed by atoms with E-state index in [0.29, 0.717) is 5.82 Å². The van der Waals surface area contributed by atoms with Crippen LogP contribution in [0, 0.1) is 13.8 Å². The molecule has 0 radical (unpaired) electrons. The summed E-state index contributed by atoms with van der Waals surface area (Å²) >= 11 is 0. The lowest BCUT2D eigenvalue weighted by atomic mass is 10.0. The molecular formula is C16H17N3O. The highest BCUT2D eigenvalue weighted by Crippen LogP contribution is 2.29. The lowest BCUT2D eigenvalue weighted by Crippen LogP contribution is -1.96. The number of aliphatic hydroxyl groups excluding tert-OH is 1. The third-order valence-corrected chi connectivity index (χ3v) is 3.54. The van der Waals surface area contributed by atoms with Crippen molar-refractivity contribution in [3.63, 3.8) is 0 Å². The van der Waals surface area contributed by atoms with Gasteiger partial charge >= 0.3 is 0 Å². The van der Waals surface area contributed by atoms with E-state index < -0.39 is 0 Å². The minimum absolute atomic E-state index is 0.00749. The largest absolute Gasteiger partial charge is 0.392 e. The molecule has 0 saturated heterocycles. The quantitative estimate of drug-likeness (QED) is 0.750. The fourth-order valence-electron chi connectivity index (χ4n) is 2.48. The molecule has 0 unspecified atom stereocenters. The molecule has 0 aliphatic heterocycles. The van der Waals surface area contributed by atoms with Crippen LogP contribution in [0.4, 0.5) is 5.82 Å². The van der Waals surface area contributed by atoms with Gasteiger partial charge in [0.05, 0.1) is 6.61 Å². The SMILES string of the molecule is Cc1ccc(-c2nc3ccc(CO)cn3c2N)c(C)c1. The van der Waals surface area contributed by atoms with E-state index in [2.05, 4.69) is 37.0 Å². The number of hydrogen-bond acceptors (Lipinski definition) is 3. The Morgan fingerprint density at radius 3 is 2.70 bits per heavy atom. The molecule has 1 aromatic carbocycles. The second kappa shape index (κ2) is 4.65. The van der Waals surface area contributed by atoms with Gasteiger partial charge in [-0.05, 0) is 31.0 Å². The predicted molar refractivity (Wildman–Crippen MR) is 80.4 cm³/mol. The van der Waals surface area contributed by atoms with Gasteiger partial charge in [-0.1, -0.05) is 29.8 Å². The maximum Gasteiger partial charge on any atom is 0.139 e. The van der Waals surface area contributed by atoms with Crippen LogP contribution in [0.3, 0.4) is 0 Å². The summed E-state index contributed by atoms with van der Waals surface area (Å²) in [6.07, 6.45) is 1.82. The molecule has 0 atom stereocenters. The van der Waals surface area contributed by atoms with Gasteiger partial charge in [0.2, 0.25) is 0 Å². The van der Waals surface area contributed by atoms with Crippen molar-refractivity contribution in [3.8, 4) is 11.3 Å². The van der Waals surface area contributed by atoms with Gasteiger partial charge < -0.3 is 10.8 Å². The molecule has 2 heterocycles. The number of aliphatic hydroxyl groups is 1. The van der Waals surface area contributed by atoms with E-state index in [1.807, 2.05) is 22.7 Å². The summed E-state index contributed by atoms with van der Waals surface area (Å²) in [4.78, 5) is 4.60. The lowest BCUT2D eigenvalue weighted by molar-refractivity contribution is 0.281. The van der Waals surface area contributed by atoms with Crippen molar-refractivity contribution in [1.82, 2.24) is 9.38 Å². The van der Waals surface area contributed by atoms with Gasteiger partial charge in [0.15, 0.2) is 0 Å². The van der Waals surface area contributed by atoms with Crippen LogP contribution in [0.2, 0.25) is 0 Å². The van der Waals surface area contributed by atoms with Crippen molar-refractivity contribution in [2.45, 2.75) is 20.5 Å². The topological polar surface area (TPSA) is 63.5 Å². The fourth-order valence-corrected chi connectivity index (χ4v) is 2.48. The molecule has 0 amide bonds. The van der Waals surface area contributed by atoms with Crippen molar-refractivity contribution in [2.75, 3.05) is 5.73 Å². The van der Waals surface area contributed by atoms with Crippen LogP contribution in [0.25, 0.3) is 16.9 Å². The number of nitrogens with zero attached hydrogens (tertiary/aromatic N) is 2. The van der Waals surface area contributed by atoms with Crippen molar-refractivity contribution in [2.24, 2.45) is 0 Å². The summed E-state index contributed by atoms with van der Waals surface area (Å²) in [7, 11) is 0. The Balaban J connectivity index is 2.24. The van der Waals surface area contributed by atoms with Gasteiger partial charge in [0.25, 0.3) is 0 Å². The summed E-state index contributed by atoms with van der Waals surface area (Å²) in [6.45, 7) is 4.12. The van der Waals surface area contributed by atoms with Gasteiger partial charge in [-0.3, -0.25) is 4.40 Å². The Morgan fingerprint density at radius 1 is 1.20 bits per heavy atom. The fraction of sp³-hybridized carbons (Fsp3) is 0.188. The zero-order chi connectivity index (χ0) is 14.3. The number of rotatable bonds is 2. The number of pyridine rings is 1. The van der Waals surface area contributed by atoms with Crippen molar-refractivity contribution in [1.29, 1.82) is 0 Å². The molecule has 4 heteroatoms. The Bertz CT molecular complexity index is 790. The number of hydrogen-bond donors (Lipinski definition) is 2. The number of aryl methyl sites for hydroxylation is 2. The summed E-state index contributed by atoms with van der Waals surface area (Å²) < 4.78 is 1.82. The molecule has 3 aromatic rings. The Morgan fingerprint density at radius 2 is 2.00 bits per heavy atom. The summed E-state index contributed by atoms with van der Waals surface area (Å²) in [6, 6.07) is 9.96. The maximum atomic E-state index is 9.21. The summed E-state index contributed by atoms with van der Waals surface area (Å²) in [5.74, 6) is 0.599. The third-order valence-electron chi connectivity index (χ3n) is 3.54. The van der Waals surface area contributed by atoms with Crippen molar-refractivity contribution in [3.05, 3.63) is 53.2 Å². The van der Waals surface area contributed by atoms with E-state index in [4.69, 9.17) is 5.73 Å². The lowest BCUT2D eigenvalue weighted by Gasteiger charge is -2.05. The van der Waals surface area contributed by atoms with E-state index in [9.17, 15) is 5.11 Å². The molecule has 3 rings (SSSR count). The van der Waals surface area contributed by atoms with Crippen LogP contribution in [-0.4, -0.2) is 14.5 Å². The minimum Gasteiger partial charge on any atom is -0.392 e. The molecule has 2 aromatic heterocycles. The van der Waals surface area contributed by atoms with Crippen LogP contribution < -0.4 is 5.73 Å². The molecule has 0 bridgehead atoms. The van der Waals surface area contributed by atoms with Crippen LogP contribution in [0.15, 0.2) is 36.5 Å². The Hall–Kier alpha value is -2.33. The Kier molecular flexibility index (Phi) is 2.95. The minimum atomic E-state index is -0.00749. The average molecular weight is 267 g/mol. The van der Waals surface area contributed by atoms with E-state index in [1.54, 1.807) is 0 Å². The number of benzene rings is 1. The Labute approximate surface area is 117 Å². The molecule has 3 N–H and O–H groups in total. The van der Waals surface area contributed by atoms with Crippen molar-refractivity contribution >= 4 is 11.5 Å². The molecule has 4 nitrogen and oxygen atoms in total. The second-order valence-electron chi connectivity index (χ2n) is 5.09. The number of nitrogens with two attached hydrogens (primary N) is 1. The predicted octanol–water partition coefficient (Wildman–Crippen LogP) is 2.69. The van der Waals surface area contributed by atoms with Crippen molar-refractivity contribution < 1.29 is 5.11 Å². The van der Waals surface area contributed by atoms with Gasteiger partial charge in [-0.15, -0.1) is 0 Å². The van der Waals surface area contributed by atoms with Crippen LogP contribution in [0.5, 0.6) is 0 Å². The average Bonchev–Trinajstić information content (AvgIpc) is 2.76. The molecular weight excluding hydrogens is 250 g/mol. The van der Waals surface area contributed by atoms with E-state index in [0.717, 1.165) is 28.0 Å². The first-order valence-electron chi connectivity index (χ1n) is 6.55. The molecule has 0 aliphatic rings. The highest BCUT2D eigenvalue weighted by molar-refractivity contribution is 5.77. The first kappa shape index (κ1) is 12.7. The van der Waals surface area contributed by atoms with Gasteiger partial charge in [0, 0.05) is 11.8 Å². The van der Waals surface area contributed by atoms with Crippen LogP contribution in [-0.2, 0) is 6.61 Å². The standard InChI is InChI=1S/C16H17N3O/c1-10-3-5-13(11(2)7-10)15-16(17)19-8-12(9-20)4-6-14(19)18-15/h3-8,20H,9,17H2,1-2H3.